The molecule has 5 nitrogen and oxygen atoms in total. The van der Waals surface area contributed by atoms with Gasteiger partial charge in [-0.1, -0.05) is 12.1 Å². The molecule has 0 radical (unpaired) electrons. The van der Waals surface area contributed by atoms with Crippen LogP contribution in [0.1, 0.15) is 6.42 Å². The van der Waals surface area contributed by atoms with Crippen molar-refractivity contribution < 1.29 is 8.42 Å². The molecule has 0 atom stereocenters. The maximum atomic E-state index is 11.7. The lowest BCUT2D eigenvalue weighted by atomic mass is 10.3. The highest BCUT2D eigenvalue weighted by Crippen LogP contribution is 2.28. The molecule has 1 aromatic rings. The van der Waals surface area contributed by atoms with Gasteiger partial charge in [-0.3, -0.25) is 0 Å². The van der Waals surface area contributed by atoms with Crippen LogP contribution in [0, 0.1) is 0 Å². The molecule has 0 unspecified atom stereocenters. The zero-order valence-corrected chi connectivity index (χ0v) is 10.4. The minimum Gasteiger partial charge on any atom is -0.330 e. The summed E-state index contributed by atoms with van der Waals surface area (Å²) in [5.41, 5.74) is 0.707. The van der Waals surface area contributed by atoms with Crippen molar-refractivity contribution in [1.82, 2.24) is 5.32 Å². The molecule has 17 heavy (non-hydrogen) atoms. The number of anilines is 1. The van der Waals surface area contributed by atoms with Gasteiger partial charge in [-0.15, -0.1) is 4.40 Å². The smallest absolute Gasteiger partial charge is 0.285 e. The maximum absolute atomic E-state index is 11.7. The van der Waals surface area contributed by atoms with Crippen LogP contribution in [0.3, 0.4) is 0 Å². The second kappa shape index (κ2) is 4.85. The number of hydrogen-bond acceptors (Lipinski definition) is 4. The summed E-state index contributed by atoms with van der Waals surface area (Å²) in [6.45, 7) is 1.64. The number of para-hydroxylation sites is 1. The Balaban J connectivity index is 2.28. The average molecular weight is 253 g/mol. The summed E-state index contributed by atoms with van der Waals surface area (Å²) in [4.78, 5) is 2.15. The van der Waals surface area contributed by atoms with Gasteiger partial charge in [-0.05, 0) is 32.1 Å². The molecule has 0 saturated heterocycles. The molecule has 2 rings (SSSR count). The SMILES string of the molecule is CNCCCN1C=NS(=O)(=O)c2ccccc21. The van der Waals surface area contributed by atoms with Gasteiger partial charge in [0.25, 0.3) is 10.0 Å². The van der Waals surface area contributed by atoms with Gasteiger partial charge in [-0.25, -0.2) is 0 Å². The number of nitrogens with one attached hydrogen (secondary N) is 1. The number of benzene rings is 1. The van der Waals surface area contributed by atoms with Crippen molar-refractivity contribution in [2.24, 2.45) is 4.40 Å². The van der Waals surface area contributed by atoms with Crippen molar-refractivity contribution in [3.8, 4) is 0 Å². The third kappa shape index (κ3) is 2.48. The lowest BCUT2D eigenvalue weighted by Gasteiger charge is -2.24. The highest BCUT2D eigenvalue weighted by molar-refractivity contribution is 7.90. The second-order valence-electron chi connectivity index (χ2n) is 3.81. The van der Waals surface area contributed by atoms with Crippen molar-refractivity contribution in [1.29, 1.82) is 0 Å². The van der Waals surface area contributed by atoms with Crippen LogP contribution in [0.15, 0.2) is 33.6 Å². The molecule has 0 amide bonds. The molecule has 1 N–H and O–H groups in total. The van der Waals surface area contributed by atoms with Gasteiger partial charge in [0.05, 0.1) is 5.69 Å². The first-order valence-corrected chi connectivity index (χ1v) is 6.90. The van der Waals surface area contributed by atoms with E-state index in [1.165, 1.54) is 6.34 Å². The lowest BCUT2D eigenvalue weighted by Crippen LogP contribution is -2.29. The molecule has 92 valence electrons. The first-order chi connectivity index (χ1) is 8.15. The molecule has 0 aromatic heterocycles. The molecule has 1 aliphatic rings. The fourth-order valence-electron chi connectivity index (χ4n) is 1.75. The predicted molar refractivity (Wildman–Crippen MR) is 68.0 cm³/mol. The fraction of sp³-hybridized carbons (Fsp3) is 0.364. The third-order valence-corrected chi connectivity index (χ3v) is 3.88. The second-order valence-corrected chi connectivity index (χ2v) is 5.41. The Labute approximate surface area is 101 Å². The Morgan fingerprint density at radius 3 is 2.88 bits per heavy atom. The van der Waals surface area contributed by atoms with E-state index in [1.54, 1.807) is 18.2 Å². The van der Waals surface area contributed by atoms with Crippen molar-refractivity contribution in [3.63, 3.8) is 0 Å². The van der Waals surface area contributed by atoms with Gasteiger partial charge < -0.3 is 10.2 Å². The molecule has 0 bridgehead atoms. The highest BCUT2D eigenvalue weighted by Gasteiger charge is 2.24. The van der Waals surface area contributed by atoms with E-state index < -0.39 is 10.0 Å². The third-order valence-electron chi connectivity index (χ3n) is 2.60. The van der Waals surface area contributed by atoms with E-state index >= 15 is 0 Å². The number of sulfonamides is 1. The normalized spacial score (nSPS) is 16.9. The van der Waals surface area contributed by atoms with Crippen LogP contribution in [-0.2, 0) is 10.0 Å². The predicted octanol–water partition coefficient (Wildman–Crippen LogP) is 0.833. The van der Waals surface area contributed by atoms with Crippen LogP contribution in [0.4, 0.5) is 5.69 Å². The number of hydrogen-bond donors (Lipinski definition) is 1. The van der Waals surface area contributed by atoms with E-state index in [4.69, 9.17) is 0 Å². The van der Waals surface area contributed by atoms with Gasteiger partial charge in [0.2, 0.25) is 0 Å². The van der Waals surface area contributed by atoms with Crippen LogP contribution < -0.4 is 10.2 Å². The van der Waals surface area contributed by atoms with Crippen LogP contribution in [0.25, 0.3) is 0 Å². The van der Waals surface area contributed by atoms with Crippen molar-refractivity contribution in [2.75, 3.05) is 25.0 Å². The van der Waals surface area contributed by atoms with Crippen LogP contribution in [-0.4, -0.2) is 34.9 Å². The van der Waals surface area contributed by atoms with E-state index in [9.17, 15) is 8.42 Å². The lowest BCUT2D eigenvalue weighted by molar-refractivity contribution is 0.597. The largest absolute Gasteiger partial charge is 0.330 e. The summed E-state index contributed by atoms with van der Waals surface area (Å²) in [7, 11) is -1.60. The molecular weight excluding hydrogens is 238 g/mol. The maximum Gasteiger partial charge on any atom is 0.285 e. The van der Waals surface area contributed by atoms with E-state index in [0.717, 1.165) is 19.5 Å². The molecule has 0 spiro atoms. The first-order valence-electron chi connectivity index (χ1n) is 5.46. The highest BCUT2D eigenvalue weighted by atomic mass is 32.2. The van der Waals surface area contributed by atoms with Gasteiger partial charge in [0, 0.05) is 6.54 Å². The molecular formula is C11H15N3O2S. The van der Waals surface area contributed by atoms with Crippen molar-refractivity contribution in [2.45, 2.75) is 11.3 Å². The quantitative estimate of drug-likeness (QED) is 0.807. The summed E-state index contributed by atoms with van der Waals surface area (Å²) >= 11 is 0. The topological polar surface area (TPSA) is 61.8 Å². The summed E-state index contributed by atoms with van der Waals surface area (Å²) in [6.07, 6.45) is 2.32. The minimum absolute atomic E-state index is 0.284. The van der Waals surface area contributed by atoms with Gasteiger partial charge in [0.1, 0.15) is 11.2 Å². The molecule has 1 heterocycles. The van der Waals surface area contributed by atoms with Gasteiger partial charge >= 0.3 is 0 Å². The Kier molecular flexibility index (Phi) is 3.44. The molecule has 0 fully saturated rings. The number of fused-ring (bicyclic) bond motifs is 1. The van der Waals surface area contributed by atoms with Gasteiger partial charge in [-0.2, -0.15) is 8.42 Å². The first kappa shape index (κ1) is 12.1. The van der Waals surface area contributed by atoms with E-state index in [2.05, 4.69) is 9.71 Å². The zero-order valence-electron chi connectivity index (χ0n) is 9.63. The molecule has 0 saturated carbocycles. The fourth-order valence-corrected chi connectivity index (χ4v) is 2.81. The van der Waals surface area contributed by atoms with Crippen molar-refractivity contribution >= 4 is 22.0 Å². The molecule has 1 aromatic carbocycles. The van der Waals surface area contributed by atoms with E-state index in [-0.39, 0.29) is 4.90 Å². The van der Waals surface area contributed by atoms with E-state index in [1.807, 2.05) is 18.0 Å². The van der Waals surface area contributed by atoms with Crippen LogP contribution in [0.2, 0.25) is 0 Å². The number of nitrogens with zero attached hydrogens (tertiary/aromatic N) is 2. The molecule has 6 heteroatoms. The molecule has 1 aliphatic heterocycles. The Morgan fingerprint density at radius 1 is 1.35 bits per heavy atom. The van der Waals surface area contributed by atoms with Gasteiger partial charge in [0.15, 0.2) is 0 Å². The molecule has 0 aliphatic carbocycles. The Morgan fingerprint density at radius 2 is 2.12 bits per heavy atom. The van der Waals surface area contributed by atoms with E-state index in [0.29, 0.717) is 5.69 Å². The summed E-state index contributed by atoms with van der Waals surface area (Å²) in [5, 5.41) is 3.06. The Bertz CT molecular complexity index is 525. The summed E-state index contributed by atoms with van der Waals surface area (Å²) < 4.78 is 27.0. The summed E-state index contributed by atoms with van der Waals surface area (Å²) in [6, 6.07) is 6.94. The van der Waals surface area contributed by atoms with Crippen LogP contribution >= 0.6 is 0 Å². The minimum atomic E-state index is -3.49. The standard InChI is InChI=1S/C11H15N3O2S/c1-12-7-4-8-14-9-13-17(15,16)11-6-3-2-5-10(11)14/h2-3,5-6,9,12H,4,7-8H2,1H3. The number of rotatable bonds is 4. The zero-order chi connectivity index (χ0) is 12.3. The average Bonchev–Trinajstić information content (AvgIpc) is 2.33. The Hall–Kier alpha value is -1.40. The monoisotopic (exact) mass is 253 g/mol. The summed E-state index contributed by atoms with van der Waals surface area (Å²) in [5.74, 6) is 0. The van der Waals surface area contributed by atoms with Crippen molar-refractivity contribution in [3.05, 3.63) is 24.3 Å². The van der Waals surface area contributed by atoms with Crippen LogP contribution in [0.5, 0.6) is 0 Å².